The minimum atomic E-state index is -0.335. The minimum Gasteiger partial charge on any atom is -0.341 e. The highest BCUT2D eigenvalue weighted by molar-refractivity contribution is 6.02. The molecule has 0 aromatic carbocycles. The van der Waals surface area contributed by atoms with Crippen molar-refractivity contribution in [1.82, 2.24) is 35.3 Å². The van der Waals surface area contributed by atoms with E-state index in [0.717, 1.165) is 0 Å². The number of nitrogens with zero attached hydrogens (tertiary/aromatic N) is 6. The van der Waals surface area contributed by atoms with Crippen LogP contribution in [0.25, 0.3) is 0 Å². The summed E-state index contributed by atoms with van der Waals surface area (Å²) < 4.78 is 1.37. The Bertz CT molecular complexity index is 534. The maximum Gasteiger partial charge on any atom is 0.324 e. The third-order valence-corrected chi connectivity index (χ3v) is 3.75. The van der Waals surface area contributed by atoms with E-state index < -0.39 is 0 Å². The Hall–Kier alpha value is -2.52. The molecule has 1 aromatic heterocycles. The molecule has 10 nitrogen and oxygen atoms in total. The molecule has 0 radical (unpaired) electrons. The van der Waals surface area contributed by atoms with Crippen molar-refractivity contribution in [3.63, 3.8) is 0 Å². The Balaban J connectivity index is 1.54. The van der Waals surface area contributed by atoms with Gasteiger partial charge in [0.25, 0.3) is 0 Å². The van der Waals surface area contributed by atoms with Crippen LogP contribution in [0.15, 0.2) is 6.33 Å². The van der Waals surface area contributed by atoms with Crippen molar-refractivity contribution in [1.29, 1.82) is 0 Å². The molecule has 3 rings (SSSR count). The van der Waals surface area contributed by atoms with Gasteiger partial charge in [-0.25, -0.2) is 9.48 Å². The van der Waals surface area contributed by atoms with Gasteiger partial charge in [-0.3, -0.25) is 14.5 Å². The summed E-state index contributed by atoms with van der Waals surface area (Å²) in [6.07, 6.45) is 2.58. The summed E-state index contributed by atoms with van der Waals surface area (Å²) >= 11 is 0. The van der Waals surface area contributed by atoms with Gasteiger partial charge < -0.3 is 10.2 Å². The highest BCUT2D eigenvalue weighted by Gasteiger charge is 2.37. The van der Waals surface area contributed by atoms with Gasteiger partial charge in [-0.1, -0.05) is 0 Å². The fourth-order valence-corrected chi connectivity index (χ4v) is 2.67. The van der Waals surface area contributed by atoms with Crippen LogP contribution in [0.1, 0.15) is 12.8 Å². The number of urea groups is 1. The van der Waals surface area contributed by atoms with Crippen molar-refractivity contribution < 1.29 is 14.4 Å². The van der Waals surface area contributed by atoms with Gasteiger partial charge in [0.15, 0.2) is 0 Å². The van der Waals surface area contributed by atoms with Crippen LogP contribution in [-0.4, -0.2) is 73.5 Å². The number of imide groups is 1. The van der Waals surface area contributed by atoms with Gasteiger partial charge in [0.05, 0.1) is 6.54 Å². The van der Waals surface area contributed by atoms with E-state index in [1.807, 2.05) is 0 Å². The highest BCUT2D eigenvalue weighted by atomic mass is 16.2. The summed E-state index contributed by atoms with van der Waals surface area (Å²) in [6, 6.07) is -0.462. The number of amides is 4. The fourth-order valence-electron chi connectivity index (χ4n) is 2.67. The second kappa shape index (κ2) is 5.46. The van der Waals surface area contributed by atoms with Gasteiger partial charge in [-0.15, -0.1) is 5.10 Å². The molecule has 0 atom stereocenters. The number of carbonyl (C=O) groups is 3. The number of carbonyl (C=O) groups excluding carboxylic acids is 3. The van der Waals surface area contributed by atoms with E-state index in [2.05, 4.69) is 20.8 Å². The fraction of sp³-hybridized carbons (Fsp3) is 0.636. The van der Waals surface area contributed by atoms with Crippen molar-refractivity contribution in [2.75, 3.05) is 19.6 Å². The third kappa shape index (κ3) is 2.69. The van der Waals surface area contributed by atoms with Gasteiger partial charge in [0, 0.05) is 19.1 Å². The standard InChI is InChI=1S/C11H15N7O3/c19-9-5-12-11(21)18(9)8-1-3-16(4-2-8)10(20)6-17-7-13-14-15-17/h7-8H,1-6H2,(H,12,21). The van der Waals surface area contributed by atoms with Crippen molar-refractivity contribution in [2.24, 2.45) is 0 Å². The first-order valence-electron chi connectivity index (χ1n) is 6.73. The summed E-state index contributed by atoms with van der Waals surface area (Å²) in [6.45, 7) is 1.20. The van der Waals surface area contributed by atoms with Gasteiger partial charge >= 0.3 is 6.03 Å². The molecule has 2 aliphatic rings. The maximum atomic E-state index is 12.1. The van der Waals surface area contributed by atoms with E-state index in [4.69, 9.17) is 0 Å². The van der Waals surface area contributed by atoms with E-state index in [9.17, 15) is 14.4 Å². The Morgan fingerprint density at radius 1 is 1.33 bits per heavy atom. The first-order chi connectivity index (χ1) is 10.1. The molecule has 0 aliphatic carbocycles. The van der Waals surface area contributed by atoms with E-state index in [-0.39, 0.29) is 37.0 Å². The number of tetrazole rings is 1. The van der Waals surface area contributed by atoms with Crippen LogP contribution in [0.2, 0.25) is 0 Å². The molecule has 2 fully saturated rings. The summed E-state index contributed by atoms with van der Waals surface area (Å²) in [7, 11) is 0. The smallest absolute Gasteiger partial charge is 0.324 e. The zero-order valence-electron chi connectivity index (χ0n) is 11.3. The van der Waals surface area contributed by atoms with E-state index in [0.29, 0.717) is 25.9 Å². The van der Waals surface area contributed by atoms with Crippen LogP contribution in [0.4, 0.5) is 4.79 Å². The predicted octanol–water partition coefficient (Wildman–Crippen LogP) is -1.78. The van der Waals surface area contributed by atoms with E-state index >= 15 is 0 Å². The lowest BCUT2D eigenvalue weighted by Gasteiger charge is -2.35. The normalized spacial score (nSPS) is 20.0. The zero-order chi connectivity index (χ0) is 14.8. The van der Waals surface area contributed by atoms with Crippen LogP contribution >= 0.6 is 0 Å². The topological polar surface area (TPSA) is 113 Å². The highest BCUT2D eigenvalue weighted by Crippen LogP contribution is 2.19. The van der Waals surface area contributed by atoms with Crippen molar-refractivity contribution in [3.8, 4) is 0 Å². The van der Waals surface area contributed by atoms with Crippen LogP contribution in [0, 0.1) is 0 Å². The third-order valence-electron chi connectivity index (χ3n) is 3.75. The summed E-state index contributed by atoms with van der Waals surface area (Å²) in [5.74, 6) is -0.267. The molecular weight excluding hydrogens is 278 g/mol. The van der Waals surface area contributed by atoms with Gasteiger partial charge in [0.1, 0.15) is 12.9 Å². The number of hydrogen-bond acceptors (Lipinski definition) is 6. The molecular formula is C11H15N7O3. The first-order valence-corrected chi connectivity index (χ1v) is 6.73. The molecule has 0 spiro atoms. The van der Waals surface area contributed by atoms with Gasteiger partial charge in [-0.05, 0) is 23.3 Å². The monoisotopic (exact) mass is 293 g/mol. The van der Waals surface area contributed by atoms with Crippen LogP contribution < -0.4 is 5.32 Å². The second-order valence-corrected chi connectivity index (χ2v) is 5.04. The molecule has 21 heavy (non-hydrogen) atoms. The molecule has 0 unspecified atom stereocenters. The molecule has 10 heteroatoms. The number of hydrogen-bond donors (Lipinski definition) is 1. The SMILES string of the molecule is O=C(Cn1cnnn1)N1CCC(N2C(=O)CNC2=O)CC1. The Morgan fingerprint density at radius 3 is 2.67 bits per heavy atom. The van der Waals surface area contributed by atoms with Gasteiger partial charge in [-0.2, -0.15) is 0 Å². The number of piperidine rings is 1. The van der Waals surface area contributed by atoms with Crippen LogP contribution in [0.5, 0.6) is 0 Å². The van der Waals surface area contributed by atoms with E-state index in [1.54, 1.807) is 4.90 Å². The molecule has 0 saturated carbocycles. The lowest BCUT2D eigenvalue weighted by Crippen LogP contribution is -2.49. The molecule has 1 N–H and O–H groups in total. The average Bonchev–Trinajstić information content (AvgIpc) is 3.09. The number of likely N-dealkylation sites (tertiary alicyclic amines) is 1. The molecule has 1 aromatic rings. The summed E-state index contributed by atoms with van der Waals surface area (Å²) in [5, 5.41) is 13.1. The molecule has 112 valence electrons. The minimum absolute atomic E-state index is 0.0667. The quantitative estimate of drug-likeness (QED) is 0.659. The summed E-state index contributed by atoms with van der Waals surface area (Å²) in [4.78, 5) is 38.3. The first kappa shape index (κ1) is 13.5. The zero-order valence-corrected chi connectivity index (χ0v) is 11.3. The molecule has 0 bridgehead atoms. The number of rotatable bonds is 3. The Morgan fingerprint density at radius 2 is 2.10 bits per heavy atom. The van der Waals surface area contributed by atoms with Crippen molar-refractivity contribution in [2.45, 2.75) is 25.4 Å². The van der Waals surface area contributed by atoms with Crippen molar-refractivity contribution in [3.05, 3.63) is 6.33 Å². The van der Waals surface area contributed by atoms with Crippen LogP contribution in [0.3, 0.4) is 0 Å². The predicted molar refractivity (Wildman–Crippen MR) is 67.7 cm³/mol. The lowest BCUT2D eigenvalue weighted by atomic mass is 10.0. The largest absolute Gasteiger partial charge is 0.341 e. The maximum absolute atomic E-state index is 12.1. The van der Waals surface area contributed by atoms with Gasteiger partial charge in [0.2, 0.25) is 11.8 Å². The number of nitrogens with one attached hydrogen (secondary N) is 1. The summed E-state index contributed by atoms with van der Waals surface area (Å²) in [5.41, 5.74) is 0. The lowest BCUT2D eigenvalue weighted by molar-refractivity contribution is -0.134. The molecule has 4 amide bonds. The van der Waals surface area contributed by atoms with Crippen molar-refractivity contribution >= 4 is 17.8 Å². The molecule has 3 heterocycles. The molecule has 2 aliphatic heterocycles. The molecule has 2 saturated heterocycles. The van der Waals surface area contributed by atoms with E-state index in [1.165, 1.54) is 15.9 Å². The Labute approximate surface area is 120 Å². The average molecular weight is 293 g/mol. The second-order valence-electron chi connectivity index (χ2n) is 5.04. The van der Waals surface area contributed by atoms with Crippen LogP contribution in [-0.2, 0) is 16.1 Å². The number of aromatic nitrogens is 4. The Kier molecular flexibility index (Phi) is 3.50.